The van der Waals surface area contributed by atoms with E-state index < -0.39 is 5.82 Å². The molecule has 4 rings (SSSR count). The van der Waals surface area contributed by atoms with Gasteiger partial charge < -0.3 is 15.5 Å². The minimum atomic E-state index is -0.498. The Kier molecular flexibility index (Phi) is 5.03. The van der Waals surface area contributed by atoms with E-state index in [9.17, 15) is 4.79 Å². The quantitative estimate of drug-likeness (QED) is 0.487. The number of benzene rings is 2. The Morgan fingerprint density at radius 2 is 1.87 bits per heavy atom. The van der Waals surface area contributed by atoms with E-state index in [1.807, 2.05) is 31.2 Å². The molecule has 0 aliphatic heterocycles. The molecule has 2 aromatic heterocycles. The summed E-state index contributed by atoms with van der Waals surface area (Å²) in [6.45, 7) is 6.09. The van der Waals surface area contributed by atoms with Gasteiger partial charge in [-0.25, -0.2) is 4.39 Å². The van der Waals surface area contributed by atoms with Crippen molar-refractivity contribution in [3.63, 3.8) is 0 Å². The van der Waals surface area contributed by atoms with Crippen molar-refractivity contribution in [1.82, 2.24) is 9.97 Å². The van der Waals surface area contributed by atoms with Gasteiger partial charge in [0, 0.05) is 22.7 Å². The summed E-state index contributed by atoms with van der Waals surface area (Å²) in [5.74, 6) is -0.146. The van der Waals surface area contributed by atoms with Gasteiger partial charge in [0.15, 0.2) is 11.6 Å². The second kappa shape index (κ2) is 7.54. The highest BCUT2D eigenvalue weighted by atomic mass is 19.1. The van der Waals surface area contributed by atoms with Crippen molar-refractivity contribution >= 4 is 21.8 Å². The SMILES string of the molecule is COc1c(F)c(C)c2[nH]c(=O)c3c(C)ccnc3c2c1-c1ccc(C(C)CN)cc1. The topological polar surface area (TPSA) is 81.0 Å². The van der Waals surface area contributed by atoms with E-state index >= 15 is 4.39 Å². The van der Waals surface area contributed by atoms with Gasteiger partial charge >= 0.3 is 0 Å². The standard InChI is InChI=1S/C24H24FN3O2/c1-12-9-10-27-22-17(12)24(29)28-21-14(3)20(25)23(30-4)18(19(21)22)16-7-5-15(6-8-16)13(2)11-26/h5-10,13H,11,26H2,1-4H3,(H,28,29). The van der Waals surface area contributed by atoms with Gasteiger partial charge in [-0.2, -0.15) is 0 Å². The lowest BCUT2D eigenvalue weighted by atomic mass is 9.92. The Balaban J connectivity index is 2.19. The average molecular weight is 405 g/mol. The number of halogens is 1. The number of hydrogen-bond donors (Lipinski definition) is 2. The maximum Gasteiger partial charge on any atom is 0.258 e. The van der Waals surface area contributed by atoms with Gasteiger partial charge in [-0.05, 0) is 49.1 Å². The van der Waals surface area contributed by atoms with Crippen molar-refractivity contribution in [2.24, 2.45) is 5.73 Å². The van der Waals surface area contributed by atoms with Crippen molar-refractivity contribution in [3.05, 3.63) is 69.4 Å². The first kappa shape index (κ1) is 20.0. The molecule has 30 heavy (non-hydrogen) atoms. The predicted molar refractivity (Wildman–Crippen MR) is 119 cm³/mol. The number of ether oxygens (including phenoxy) is 1. The molecule has 0 aliphatic carbocycles. The van der Waals surface area contributed by atoms with Crippen molar-refractivity contribution in [2.45, 2.75) is 26.7 Å². The molecular weight excluding hydrogens is 381 g/mol. The molecule has 0 amide bonds. The molecule has 3 N–H and O–H groups in total. The summed E-state index contributed by atoms with van der Waals surface area (Å²) >= 11 is 0. The van der Waals surface area contributed by atoms with Crippen LogP contribution in [-0.2, 0) is 0 Å². The first-order valence-corrected chi connectivity index (χ1v) is 9.86. The summed E-state index contributed by atoms with van der Waals surface area (Å²) in [7, 11) is 1.45. The minimum absolute atomic E-state index is 0.135. The Morgan fingerprint density at radius 1 is 1.17 bits per heavy atom. The van der Waals surface area contributed by atoms with Crippen LogP contribution in [0.2, 0.25) is 0 Å². The number of aromatic amines is 1. The molecule has 0 radical (unpaired) electrons. The largest absolute Gasteiger partial charge is 0.493 e. The van der Waals surface area contributed by atoms with Gasteiger partial charge in [0.05, 0.1) is 23.5 Å². The Morgan fingerprint density at radius 3 is 2.50 bits per heavy atom. The maximum atomic E-state index is 15.3. The highest BCUT2D eigenvalue weighted by Gasteiger charge is 2.23. The molecule has 0 bridgehead atoms. The van der Waals surface area contributed by atoms with Crippen LogP contribution >= 0.6 is 0 Å². The number of pyridine rings is 2. The number of nitrogens with zero attached hydrogens (tertiary/aromatic N) is 1. The van der Waals surface area contributed by atoms with Gasteiger partial charge in [-0.3, -0.25) is 9.78 Å². The molecule has 4 aromatic rings. The number of nitrogens with one attached hydrogen (secondary N) is 1. The zero-order valence-corrected chi connectivity index (χ0v) is 17.5. The molecule has 154 valence electrons. The fraction of sp³-hybridized carbons (Fsp3) is 0.250. The van der Waals surface area contributed by atoms with E-state index in [0.29, 0.717) is 39.5 Å². The molecule has 1 atom stereocenters. The fourth-order valence-corrected chi connectivity index (χ4v) is 4.00. The summed E-state index contributed by atoms with van der Waals surface area (Å²) in [6, 6.07) is 9.63. The predicted octanol–water partition coefficient (Wildman–Crippen LogP) is 4.57. The molecule has 2 heterocycles. The molecule has 6 heteroatoms. The lowest BCUT2D eigenvalue weighted by Gasteiger charge is -2.18. The molecule has 1 unspecified atom stereocenters. The van der Waals surface area contributed by atoms with Crippen molar-refractivity contribution in [2.75, 3.05) is 13.7 Å². The van der Waals surface area contributed by atoms with Crippen LogP contribution in [0.3, 0.4) is 0 Å². The van der Waals surface area contributed by atoms with E-state index in [2.05, 4.69) is 16.9 Å². The number of aromatic nitrogens is 2. The average Bonchev–Trinajstić information content (AvgIpc) is 2.76. The highest BCUT2D eigenvalue weighted by Crippen LogP contribution is 2.43. The number of aryl methyl sites for hydroxylation is 2. The number of hydrogen-bond acceptors (Lipinski definition) is 4. The van der Waals surface area contributed by atoms with Crippen LogP contribution in [0.1, 0.15) is 29.5 Å². The zero-order valence-electron chi connectivity index (χ0n) is 17.5. The molecule has 0 aliphatic rings. The van der Waals surface area contributed by atoms with E-state index in [1.165, 1.54) is 7.11 Å². The molecular formula is C24H24FN3O2. The van der Waals surface area contributed by atoms with Crippen LogP contribution in [0.4, 0.5) is 4.39 Å². The lowest BCUT2D eigenvalue weighted by molar-refractivity contribution is 0.388. The number of nitrogens with two attached hydrogens (primary N) is 1. The Bertz CT molecular complexity index is 1330. The molecule has 0 saturated carbocycles. The van der Waals surface area contributed by atoms with Crippen LogP contribution in [0.25, 0.3) is 32.9 Å². The number of H-pyrrole nitrogens is 1. The van der Waals surface area contributed by atoms with E-state index in [-0.39, 0.29) is 17.2 Å². The Labute approximate surface area is 173 Å². The minimum Gasteiger partial charge on any atom is -0.493 e. The van der Waals surface area contributed by atoms with E-state index in [0.717, 1.165) is 16.7 Å². The summed E-state index contributed by atoms with van der Waals surface area (Å²) in [6.07, 6.45) is 1.66. The van der Waals surface area contributed by atoms with Crippen LogP contribution in [0.15, 0.2) is 41.3 Å². The van der Waals surface area contributed by atoms with E-state index in [1.54, 1.807) is 19.2 Å². The van der Waals surface area contributed by atoms with Gasteiger partial charge in [-0.1, -0.05) is 31.2 Å². The third-order valence-corrected chi connectivity index (χ3v) is 5.82. The fourth-order valence-electron chi connectivity index (χ4n) is 4.00. The lowest BCUT2D eigenvalue weighted by Crippen LogP contribution is -2.11. The van der Waals surface area contributed by atoms with Crippen LogP contribution in [0.5, 0.6) is 5.75 Å². The first-order chi connectivity index (χ1) is 14.4. The second-order valence-corrected chi connectivity index (χ2v) is 7.66. The third-order valence-electron chi connectivity index (χ3n) is 5.82. The summed E-state index contributed by atoms with van der Waals surface area (Å²) in [5.41, 5.74) is 10.0. The summed E-state index contributed by atoms with van der Waals surface area (Å²) in [4.78, 5) is 20.2. The number of fused-ring (bicyclic) bond motifs is 3. The smallest absolute Gasteiger partial charge is 0.258 e. The van der Waals surface area contributed by atoms with Crippen molar-refractivity contribution in [1.29, 1.82) is 0 Å². The summed E-state index contributed by atoms with van der Waals surface area (Å²) in [5, 5.41) is 1.16. The van der Waals surface area contributed by atoms with Gasteiger partial charge in [0.25, 0.3) is 5.56 Å². The molecule has 5 nitrogen and oxygen atoms in total. The molecule has 2 aromatic carbocycles. The molecule has 0 saturated heterocycles. The van der Waals surface area contributed by atoms with Crippen LogP contribution < -0.4 is 16.0 Å². The van der Waals surface area contributed by atoms with Gasteiger partial charge in [0.1, 0.15) is 0 Å². The molecule has 0 fully saturated rings. The number of rotatable bonds is 4. The second-order valence-electron chi connectivity index (χ2n) is 7.66. The highest BCUT2D eigenvalue weighted by molar-refractivity contribution is 6.13. The van der Waals surface area contributed by atoms with Gasteiger partial charge in [0.2, 0.25) is 0 Å². The zero-order chi connectivity index (χ0) is 21.6. The van der Waals surface area contributed by atoms with E-state index in [4.69, 9.17) is 10.5 Å². The normalized spacial score (nSPS) is 12.5. The van der Waals surface area contributed by atoms with Crippen LogP contribution in [0, 0.1) is 19.7 Å². The van der Waals surface area contributed by atoms with Crippen molar-refractivity contribution in [3.8, 4) is 16.9 Å². The molecule has 0 spiro atoms. The Hall–Kier alpha value is -3.25. The monoisotopic (exact) mass is 405 g/mol. The van der Waals surface area contributed by atoms with Crippen LogP contribution in [-0.4, -0.2) is 23.6 Å². The third kappa shape index (κ3) is 2.95. The summed E-state index contributed by atoms with van der Waals surface area (Å²) < 4.78 is 20.8. The first-order valence-electron chi connectivity index (χ1n) is 9.86. The number of methoxy groups -OCH3 is 1. The van der Waals surface area contributed by atoms with Gasteiger partial charge in [-0.15, -0.1) is 0 Å². The maximum absolute atomic E-state index is 15.3. The van der Waals surface area contributed by atoms with Crippen molar-refractivity contribution < 1.29 is 9.13 Å².